The Balaban J connectivity index is 1.39. The minimum atomic E-state index is -3.65. The van der Waals surface area contributed by atoms with Gasteiger partial charge in [0.05, 0.1) is 46.9 Å². The lowest BCUT2D eigenvalue weighted by Gasteiger charge is -2.12. The van der Waals surface area contributed by atoms with Gasteiger partial charge in [0.2, 0.25) is 5.91 Å². The highest BCUT2D eigenvalue weighted by atomic mass is 32.2. The lowest BCUT2D eigenvalue weighted by atomic mass is 10.0. The van der Waals surface area contributed by atoms with Crippen molar-refractivity contribution in [3.63, 3.8) is 0 Å². The van der Waals surface area contributed by atoms with Gasteiger partial charge in [0.25, 0.3) is 0 Å². The SMILES string of the molecule is CN(C)CC(=O)Nc1cncc(-c2cc3c(-c4nc5c(-c6cc(F)cc(C(N)S(C)(=O)=O)c6)cccc5[nH]4)n[nH]c3cn2)c1. The molecule has 6 rings (SSSR count). The van der Waals surface area contributed by atoms with Crippen LogP contribution in [0.4, 0.5) is 10.1 Å². The normalized spacial score (nSPS) is 12.7. The first-order chi connectivity index (χ1) is 21.0. The van der Waals surface area contributed by atoms with Crippen molar-refractivity contribution in [1.29, 1.82) is 0 Å². The van der Waals surface area contributed by atoms with Crippen LogP contribution >= 0.6 is 0 Å². The summed E-state index contributed by atoms with van der Waals surface area (Å²) >= 11 is 0. The summed E-state index contributed by atoms with van der Waals surface area (Å²) in [6.45, 7) is 0.237. The van der Waals surface area contributed by atoms with E-state index in [1.165, 1.54) is 6.07 Å². The number of fused-ring (bicyclic) bond motifs is 2. The van der Waals surface area contributed by atoms with Gasteiger partial charge in [0, 0.05) is 29.0 Å². The van der Waals surface area contributed by atoms with Crippen LogP contribution in [0.15, 0.2) is 67.1 Å². The Morgan fingerprint density at radius 2 is 1.89 bits per heavy atom. The van der Waals surface area contributed by atoms with E-state index in [9.17, 15) is 17.6 Å². The number of hydrogen-bond donors (Lipinski definition) is 4. The molecule has 0 saturated heterocycles. The predicted octanol–water partition coefficient (Wildman–Crippen LogP) is 3.87. The molecule has 0 spiro atoms. The van der Waals surface area contributed by atoms with E-state index in [2.05, 4.69) is 30.5 Å². The first-order valence-electron chi connectivity index (χ1n) is 13.4. The number of carbonyl (C=O) groups is 1. The zero-order valence-electron chi connectivity index (χ0n) is 24.0. The van der Waals surface area contributed by atoms with E-state index in [4.69, 9.17) is 10.7 Å². The number of carbonyl (C=O) groups excluding carboxylic acids is 1. The number of halogens is 1. The molecule has 4 aromatic heterocycles. The number of aromatic nitrogens is 6. The summed E-state index contributed by atoms with van der Waals surface area (Å²) in [7, 11) is -0.0214. The van der Waals surface area contributed by atoms with Crippen molar-refractivity contribution in [2.24, 2.45) is 5.73 Å². The number of pyridine rings is 2. The number of sulfone groups is 1. The number of nitrogens with zero attached hydrogens (tertiary/aromatic N) is 5. The fraction of sp³-hybridized carbons (Fsp3) is 0.167. The van der Waals surface area contributed by atoms with Crippen molar-refractivity contribution < 1.29 is 17.6 Å². The average molecular weight is 614 g/mol. The van der Waals surface area contributed by atoms with E-state index in [0.717, 1.165) is 17.7 Å². The van der Waals surface area contributed by atoms with Crippen LogP contribution in [-0.2, 0) is 14.6 Å². The van der Waals surface area contributed by atoms with Crippen molar-refractivity contribution in [1.82, 2.24) is 35.0 Å². The van der Waals surface area contributed by atoms with E-state index in [1.807, 2.05) is 26.2 Å². The van der Waals surface area contributed by atoms with Crippen molar-refractivity contribution in [3.8, 4) is 33.9 Å². The predicted molar refractivity (Wildman–Crippen MR) is 167 cm³/mol. The summed E-state index contributed by atoms with van der Waals surface area (Å²) in [6, 6.07) is 13.1. The molecule has 1 atom stereocenters. The number of imidazole rings is 1. The van der Waals surface area contributed by atoms with Gasteiger partial charge < -0.3 is 20.9 Å². The molecule has 4 heterocycles. The van der Waals surface area contributed by atoms with Crippen LogP contribution in [0.1, 0.15) is 10.9 Å². The zero-order chi connectivity index (χ0) is 31.2. The van der Waals surface area contributed by atoms with Crippen molar-refractivity contribution in [2.75, 3.05) is 32.2 Å². The second-order valence-electron chi connectivity index (χ2n) is 10.7. The average Bonchev–Trinajstić information content (AvgIpc) is 3.59. The number of hydrogen-bond acceptors (Lipinski definition) is 9. The van der Waals surface area contributed by atoms with E-state index >= 15 is 0 Å². The second kappa shape index (κ2) is 11.2. The third kappa shape index (κ3) is 5.77. The maximum absolute atomic E-state index is 14.7. The lowest BCUT2D eigenvalue weighted by molar-refractivity contribution is -0.116. The number of benzene rings is 2. The topological polar surface area (TPSA) is 176 Å². The number of anilines is 1. The Kier molecular flexibility index (Phi) is 7.41. The van der Waals surface area contributed by atoms with Crippen molar-refractivity contribution in [3.05, 3.63) is 78.5 Å². The van der Waals surface area contributed by atoms with Crippen LogP contribution in [0.25, 0.3) is 55.8 Å². The molecule has 0 aliphatic heterocycles. The van der Waals surface area contributed by atoms with Gasteiger partial charge in [0.1, 0.15) is 16.9 Å². The molecule has 14 heteroatoms. The Morgan fingerprint density at radius 1 is 1.07 bits per heavy atom. The molecule has 0 radical (unpaired) electrons. The Bertz CT molecular complexity index is 2160. The van der Waals surface area contributed by atoms with Gasteiger partial charge >= 0.3 is 0 Å². The Hall–Kier alpha value is -5.05. The molecule has 5 N–H and O–H groups in total. The van der Waals surface area contributed by atoms with Crippen LogP contribution in [0.5, 0.6) is 0 Å². The smallest absolute Gasteiger partial charge is 0.238 e. The summed E-state index contributed by atoms with van der Waals surface area (Å²) in [5.41, 5.74) is 11.4. The standard InChI is InChI=1S/C30H28FN9O3S/c1-40(2)15-26(41)35-20-10-18(12-33-13-20)24-11-22-25(14-34-24)38-39-28(22)30-36-23-6-4-5-21(27(23)37-30)16-7-17(9-19(31)8-16)29(32)44(3,42)43/h4-14,29H,15,32H2,1-3H3,(H,35,41)(H,36,37)(H,38,39). The van der Waals surface area contributed by atoms with Gasteiger partial charge in [-0.25, -0.2) is 17.8 Å². The molecule has 0 aliphatic rings. The number of rotatable bonds is 8. The minimum absolute atomic E-state index is 0.143. The molecular weight excluding hydrogens is 585 g/mol. The fourth-order valence-corrected chi connectivity index (χ4v) is 5.58. The summed E-state index contributed by atoms with van der Waals surface area (Å²) in [5, 5.41) is 9.68. The Labute approximate surface area is 251 Å². The van der Waals surface area contributed by atoms with Gasteiger partial charge in [-0.05, 0) is 61.6 Å². The first kappa shape index (κ1) is 29.0. The van der Waals surface area contributed by atoms with E-state index in [0.29, 0.717) is 56.1 Å². The van der Waals surface area contributed by atoms with Gasteiger partial charge in [-0.1, -0.05) is 12.1 Å². The van der Waals surface area contributed by atoms with Gasteiger partial charge in [-0.3, -0.25) is 19.9 Å². The molecule has 0 fully saturated rings. The first-order valence-corrected chi connectivity index (χ1v) is 15.4. The van der Waals surface area contributed by atoms with Crippen LogP contribution in [0.2, 0.25) is 0 Å². The number of nitrogens with two attached hydrogens (primary N) is 1. The van der Waals surface area contributed by atoms with E-state index in [-0.39, 0.29) is 18.0 Å². The summed E-state index contributed by atoms with van der Waals surface area (Å²) in [6.07, 6.45) is 5.90. The number of amides is 1. The third-order valence-corrected chi connectivity index (χ3v) is 8.18. The molecule has 0 aliphatic carbocycles. The largest absolute Gasteiger partial charge is 0.337 e. The summed E-state index contributed by atoms with van der Waals surface area (Å²) in [5.74, 6) is -0.312. The molecule has 44 heavy (non-hydrogen) atoms. The number of aromatic amines is 2. The fourth-order valence-electron chi connectivity index (χ4n) is 4.95. The molecule has 224 valence electrons. The van der Waals surface area contributed by atoms with Crippen LogP contribution < -0.4 is 11.1 Å². The van der Waals surface area contributed by atoms with Crippen LogP contribution in [0, 0.1) is 5.82 Å². The van der Waals surface area contributed by atoms with Crippen molar-refractivity contribution in [2.45, 2.75) is 5.37 Å². The highest BCUT2D eigenvalue weighted by molar-refractivity contribution is 7.90. The van der Waals surface area contributed by atoms with Crippen LogP contribution in [-0.4, -0.2) is 76.3 Å². The summed E-state index contributed by atoms with van der Waals surface area (Å²) in [4.78, 5) is 30.9. The monoisotopic (exact) mass is 613 g/mol. The third-order valence-electron chi connectivity index (χ3n) is 6.98. The number of para-hydroxylation sites is 1. The lowest BCUT2D eigenvalue weighted by Crippen LogP contribution is -2.27. The number of likely N-dealkylation sites (N-methyl/N-ethyl adjacent to an activating group) is 1. The van der Waals surface area contributed by atoms with Gasteiger partial charge in [-0.2, -0.15) is 5.10 Å². The number of H-pyrrole nitrogens is 2. The Morgan fingerprint density at radius 3 is 2.66 bits per heavy atom. The molecular formula is C30H28FN9O3S. The molecule has 1 unspecified atom stereocenters. The second-order valence-corrected chi connectivity index (χ2v) is 12.9. The maximum atomic E-state index is 14.7. The van der Waals surface area contributed by atoms with E-state index < -0.39 is 21.0 Å². The summed E-state index contributed by atoms with van der Waals surface area (Å²) < 4.78 is 38.8. The molecule has 0 saturated carbocycles. The van der Waals surface area contributed by atoms with E-state index in [1.54, 1.807) is 47.8 Å². The molecule has 6 aromatic rings. The molecule has 0 bridgehead atoms. The highest BCUT2D eigenvalue weighted by Crippen LogP contribution is 2.34. The van der Waals surface area contributed by atoms with Gasteiger partial charge in [-0.15, -0.1) is 0 Å². The molecule has 12 nitrogen and oxygen atoms in total. The molecule has 1 amide bonds. The maximum Gasteiger partial charge on any atom is 0.238 e. The van der Waals surface area contributed by atoms with Gasteiger partial charge in [0.15, 0.2) is 15.7 Å². The van der Waals surface area contributed by atoms with Crippen molar-refractivity contribution >= 4 is 43.4 Å². The minimum Gasteiger partial charge on any atom is -0.337 e. The van der Waals surface area contributed by atoms with Crippen LogP contribution in [0.3, 0.4) is 0 Å². The molecule has 2 aromatic carbocycles. The zero-order valence-corrected chi connectivity index (χ0v) is 24.8. The highest BCUT2D eigenvalue weighted by Gasteiger charge is 2.21. The quantitative estimate of drug-likeness (QED) is 0.199. The number of nitrogens with one attached hydrogen (secondary N) is 3.